The van der Waals surface area contributed by atoms with E-state index in [0.29, 0.717) is 30.2 Å². The Bertz CT molecular complexity index is 344. The van der Waals surface area contributed by atoms with Crippen LogP contribution in [0.25, 0.3) is 0 Å². The number of hydrogen-bond donors (Lipinski definition) is 1. The Morgan fingerprint density at radius 1 is 1.50 bits per heavy atom. The van der Waals surface area contributed by atoms with Crippen molar-refractivity contribution >= 4 is 0 Å². The zero-order chi connectivity index (χ0) is 10.4. The van der Waals surface area contributed by atoms with Gasteiger partial charge in [-0.15, -0.1) is 0 Å². The summed E-state index contributed by atoms with van der Waals surface area (Å²) >= 11 is 0. The number of hydrogen-bond acceptors (Lipinski definition) is 4. The fourth-order valence-electron chi connectivity index (χ4n) is 1.02. The predicted molar refractivity (Wildman–Crippen MR) is 52.3 cm³/mol. The predicted octanol–water partition coefficient (Wildman–Crippen LogP) is 0.904. The number of nitrogens with two attached hydrogens (primary N) is 1. The third kappa shape index (κ3) is 2.38. The van der Waals surface area contributed by atoms with Crippen molar-refractivity contribution < 1.29 is 9.47 Å². The minimum absolute atomic E-state index is 0.404. The second kappa shape index (κ2) is 5.10. The van der Waals surface area contributed by atoms with Crippen LogP contribution in [0.4, 0.5) is 0 Å². The van der Waals surface area contributed by atoms with Crippen LogP contribution < -0.4 is 15.2 Å². The fraction of sp³-hybridized carbons (Fsp3) is 0.300. The molecule has 1 aromatic rings. The van der Waals surface area contributed by atoms with Crippen molar-refractivity contribution in [3.63, 3.8) is 0 Å². The number of benzene rings is 1. The highest BCUT2D eigenvalue weighted by Crippen LogP contribution is 2.22. The molecule has 4 heteroatoms. The summed E-state index contributed by atoms with van der Waals surface area (Å²) in [6.07, 6.45) is 0. The lowest BCUT2D eigenvalue weighted by Gasteiger charge is -2.07. The van der Waals surface area contributed by atoms with Crippen molar-refractivity contribution in [1.29, 1.82) is 5.26 Å². The summed E-state index contributed by atoms with van der Waals surface area (Å²) < 4.78 is 10.3. The van der Waals surface area contributed by atoms with Gasteiger partial charge in [-0.3, -0.25) is 0 Å². The Morgan fingerprint density at radius 3 is 2.86 bits per heavy atom. The molecule has 0 heterocycles. The molecule has 0 aliphatic rings. The molecule has 0 spiro atoms. The van der Waals surface area contributed by atoms with E-state index in [9.17, 15) is 0 Å². The third-order valence-corrected chi connectivity index (χ3v) is 1.68. The summed E-state index contributed by atoms with van der Waals surface area (Å²) in [5, 5.41) is 8.82. The summed E-state index contributed by atoms with van der Waals surface area (Å²) in [6, 6.07) is 7.11. The van der Waals surface area contributed by atoms with Gasteiger partial charge in [-0.05, 0) is 12.1 Å². The van der Waals surface area contributed by atoms with E-state index in [4.69, 9.17) is 20.5 Å². The molecular formula is C10H12N2O2. The maximum atomic E-state index is 8.82. The SMILES string of the molecule is COc1ccc(OCCN)c(C#N)c1. The molecule has 1 aromatic carbocycles. The van der Waals surface area contributed by atoms with Gasteiger partial charge in [-0.2, -0.15) is 5.26 Å². The van der Waals surface area contributed by atoms with E-state index in [1.165, 1.54) is 0 Å². The van der Waals surface area contributed by atoms with Crippen molar-refractivity contribution in [1.82, 2.24) is 0 Å². The normalized spacial score (nSPS) is 9.21. The first-order valence-corrected chi connectivity index (χ1v) is 4.23. The molecule has 0 atom stereocenters. The molecule has 0 aliphatic carbocycles. The van der Waals surface area contributed by atoms with Gasteiger partial charge in [-0.25, -0.2) is 0 Å². The van der Waals surface area contributed by atoms with Gasteiger partial charge in [0.25, 0.3) is 0 Å². The number of nitriles is 1. The van der Waals surface area contributed by atoms with E-state index >= 15 is 0 Å². The highest BCUT2D eigenvalue weighted by Gasteiger charge is 2.04. The second-order valence-corrected chi connectivity index (χ2v) is 2.61. The largest absolute Gasteiger partial charge is 0.497 e. The molecule has 0 saturated carbocycles. The summed E-state index contributed by atoms with van der Waals surface area (Å²) in [5.74, 6) is 1.18. The van der Waals surface area contributed by atoms with Crippen LogP contribution in [0.1, 0.15) is 5.56 Å². The van der Waals surface area contributed by atoms with Gasteiger partial charge < -0.3 is 15.2 Å². The van der Waals surface area contributed by atoms with Gasteiger partial charge in [0.1, 0.15) is 24.2 Å². The Morgan fingerprint density at radius 2 is 2.29 bits per heavy atom. The topological polar surface area (TPSA) is 68.3 Å². The molecule has 1 rings (SSSR count). The number of ether oxygens (including phenoxy) is 2. The van der Waals surface area contributed by atoms with Crippen molar-refractivity contribution in [3.8, 4) is 17.6 Å². The molecule has 0 aliphatic heterocycles. The van der Waals surface area contributed by atoms with Gasteiger partial charge in [0.15, 0.2) is 0 Å². The quantitative estimate of drug-likeness (QED) is 0.769. The van der Waals surface area contributed by atoms with E-state index in [2.05, 4.69) is 0 Å². The molecule has 0 aromatic heterocycles. The van der Waals surface area contributed by atoms with E-state index in [1.807, 2.05) is 6.07 Å². The van der Waals surface area contributed by atoms with Crippen LogP contribution in [0.5, 0.6) is 11.5 Å². The van der Waals surface area contributed by atoms with Gasteiger partial charge in [0, 0.05) is 12.6 Å². The van der Waals surface area contributed by atoms with Crippen LogP contribution in [-0.4, -0.2) is 20.3 Å². The zero-order valence-corrected chi connectivity index (χ0v) is 7.99. The fourth-order valence-corrected chi connectivity index (χ4v) is 1.02. The lowest BCUT2D eigenvalue weighted by Crippen LogP contribution is -2.11. The smallest absolute Gasteiger partial charge is 0.137 e. The average Bonchev–Trinajstić information content (AvgIpc) is 2.26. The average molecular weight is 192 g/mol. The van der Waals surface area contributed by atoms with E-state index < -0.39 is 0 Å². The van der Waals surface area contributed by atoms with Crippen LogP contribution in [0.2, 0.25) is 0 Å². The zero-order valence-electron chi connectivity index (χ0n) is 7.99. The summed E-state index contributed by atoms with van der Waals surface area (Å²) in [5.41, 5.74) is 5.75. The lowest BCUT2D eigenvalue weighted by molar-refractivity contribution is 0.326. The van der Waals surface area contributed by atoms with Crippen LogP contribution in [-0.2, 0) is 0 Å². The molecule has 0 bridgehead atoms. The first-order chi connectivity index (χ1) is 6.81. The minimum Gasteiger partial charge on any atom is -0.497 e. The van der Waals surface area contributed by atoms with Crippen LogP contribution in [0.3, 0.4) is 0 Å². The monoisotopic (exact) mass is 192 g/mol. The first kappa shape index (κ1) is 10.4. The molecule has 0 unspecified atom stereocenters. The highest BCUT2D eigenvalue weighted by atomic mass is 16.5. The first-order valence-electron chi connectivity index (χ1n) is 4.23. The van der Waals surface area contributed by atoms with Crippen LogP contribution >= 0.6 is 0 Å². The van der Waals surface area contributed by atoms with Gasteiger partial charge in [0.2, 0.25) is 0 Å². The van der Waals surface area contributed by atoms with Crippen LogP contribution in [0, 0.1) is 11.3 Å². The summed E-state index contributed by atoms with van der Waals surface area (Å²) in [4.78, 5) is 0. The van der Waals surface area contributed by atoms with Gasteiger partial charge in [-0.1, -0.05) is 0 Å². The molecule has 14 heavy (non-hydrogen) atoms. The Labute approximate surface area is 82.9 Å². The Kier molecular flexibility index (Phi) is 3.77. The molecule has 0 radical (unpaired) electrons. The number of methoxy groups -OCH3 is 1. The molecule has 0 amide bonds. The molecule has 0 saturated heterocycles. The Balaban J connectivity index is 2.89. The van der Waals surface area contributed by atoms with E-state index in [1.54, 1.807) is 25.3 Å². The van der Waals surface area contributed by atoms with Gasteiger partial charge in [0.05, 0.1) is 12.7 Å². The second-order valence-electron chi connectivity index (χ2n) is 2.61. The van der Waals surface area contributed by atoms with Crippen molar-refractivity contribution in [2.24, 2.45) is 5.73 Å². The van der Waals surface area contributed by atoms with Crippen molar-refractivity contribution in [2.75, 3.05) is 20.3 Å². The van der Waals surface area contributed by atoms with Gasteiger partial charge >= 0.3 is 0 Å². The molecular weight excluding hydrogens is 180 g/mol. The van der Waals surface area contributed by atoms with Crippen LogP contribution in [0.15, 0.2) is 18.2 Å². The minimum atomic E-state index is 0.404. The lowest BCUT2D eigenvalue weighted by atomic mass is 10.2. The standard InChI is InChI=1S/C10H12N2O2/c1-13-9-2-3-10(14-5-4-11)8(6-9)7-12/h2-3,6H,4-5,11H2,1H3. The highest BCUT2D eigenvalue weighted by molar-refractivity contribution is 5.47. The summed E-state index contributed by atoms with van der Waals surface area (Å²) in [6.45, 7) is 0.831. The number of rotatable bonds is 4. The molecule has 74 valence electrons. The third-order valence-electron chi connectivity index (χ3n) is 1.68. The molecule has 0 fully saturated rings. The maximum Gasteiger partial charge on any atom is 0.137 e. The van der Waals surface area contributed by atoms with E-state index in [0.717, 1.165) is 0 Å². The van der Waals surface area contributed by atoms with E-state index in [-0.39, 0.29) is 0 Å². The summed E-state index contributed by atoms with van der Waals surface area (Å²) in [7, 11) is 1.55. The number of nitrogens with zero attached hydrogens (tertiary/aromatic N) is 1. The molecule has 4 nitrogen and oxygen atoms in total. The Hall–Kier alpha value is -1.73. The maximum absolute atomic E-state index is 8.82. The van der Waals surface area contributed by atoms with Crippen molar-refractivity contribution in [2.45, 2.75) is 0 Å². The van der Waals surface area contributed by atoms with Crippen molar-refractivity contribution in [3.05, 3.63) is 23.8 Å². The molecule has 2 N–H and O–H groups in total.